The molecule has 1 fully saturated rings. The summed E-state index contributed by atoms with van der Waals surface area (Å²) in [6.07, 6.45) is 3.51. The predicted octanol–water partition coefficient (Wildman–Crippen LogP) is 3.48. The molecular weight excluding hydrogens is 284 g/mol. The van der Waals surface area contributed by atoms with Crippen molar-refractivity contribution in [2.75, 3.05) is 25.2 Å². The van der Waals surface area contributed by atoms with E-state index in [1.807, 2.05) is 6.92 Å². The van der Waals surface area contributed by atoms with Crippen LogP contribution in [0.2, 0.25) is 5.02 Å². The summed E-state index contributed by atoms with van der Waals surface area (Å²) >= 11 is 6.53. The Kier molecular flexibility index (Phi) is 5.91. The van der Waals surface area contributed by atoms with E-state index in [0.717, 1.165) is 36.2 Å². The largest absolute Gasteiger partial charge is 0.383 e. The van der Waals surface area contributed by atoms with Crippen molar-refractivity contribution in [3.8, 4) is 0 Å². The van der Waals surface area contributed by atoms with Crippen LogP contribution in [0.3, 0.4) is 0 Å². The minimum Gasteiger partial charge on any atom is -0.383 e. The van der Waals surface area contributed by atoms with E-state index < -0.39 is 0 Å². The minimum atomic E-state index is 0.155. The van der Waals surface area contributed by atoms with Crippen LogP contribution in [0, 0.1) is 5.92 Å². The van der Waals surface area contributed by atoms with Crippen LogP contribution in [0.4, 0.5) is 5.69 Å². The van der Waals surface area contributed by atoms with Crippen molar-refractivity contribution in [1.29, 1.82) is 0 Å². The number of benzene rings is 1. The molecule has 2 atom stereocenters. The second-order valence-electron chi connectivity index (χ2n) is 6.23. The lowest BCUT2D eigenvalue weighted by Crippen LogP contribution is -2.37. The van der Waals surface area contributed by atoms with Crippen LogP contribution >= 0.6 is 11.6 Å². The lowest BCUT2D eigenvalue weighted by molar-refractivity contribution is 0.202. The smallest absolute Gasteiger partial charge is 0.0642 e. The molecule has 118 valence electrons. The van der Waals surface area contributed by atoms with Gasteiger partial charge in [0.2, 0.25) is 0 Å². The van der Waals surface area contributed by atoms with E-state index in [-0.39, 0.29) is 6.04 Å². The Morgan fingerprint density at radius 2 is 2.10 bits per heavy atom. The van der Waals surface area contributed by atoms with Crippen LogP contribution in [-0.2, 0) is 11.2 Å². The normalized spacial score (nSPS) is 17.6. The van der Waals surface area contributed by atoms with Crippen molar-refractivity contribution >= 4 is 17.3 Å². The van der Waals surface area contributed by atoms with Gasteiger partial charge in [0, 0.05) is 25.7 Å². The number of nitrogens with zero attached hydrogens (tertiary/aromatic N) is 1. The number of anilines is 1. The first kappa shape index (κ1) is 16.6. The fraction of sp³-hybridized carbons (Fsp3) is 0.647. The molecule has 3 nitrogen and oxygen atoms in total. The summed E-state index contributed by atoms with van der Waals surface area (Å²) in [5.74, 6) is 0.793. The van der Waals surface area contributed by atoms with Crippen LogP contribution < -0.4 is 10.6 Å². The molecule has 1 saturated carbocycles. The van der Waals surface area contributed by atoms with Gasteiger partial charge in [0.1, 0.15) is 0 Å². The molecule has 1 aromatic rings. The van der Waals surface area contributed by atoms with Gasteiger partial charge in [0.05, 0.1) is 17.3 Å². The zero-order chi connectivity index (χ0) is 15.4. The van der Waals surface area contributed by atoms with Gasteiger partial charge >= 0.3 is 0 Å². The molecular formula is C17H27ClN2O. The molecule has 21 heavy (non-hydrogen) atoms. The highest BCUT2D eigenvalue weighted by atomic mass is 35.5. The SMILES string of the molecule is COCCN(c1ccc(CC(C)N)cc1Cl)C(C)C1CC1. The summed E-state index contributed by atoms with van der Waals surface area (Å²) in [6.45, 7) is 5.90. The molecule has 2 rings (SSSR count). The Morgan fingerprint density at radius 3 is 2.62 bits per heavy atom. The summed E-state index contributed by atoms with van der Waals surface area (Å²) < 4.78 is 5.26. The van der Waals surface area contributed by atoms with Crippen molar-refractivity contribution in [2.45, 2.75) is 45.2 Å². The summed E-state index contributed by atoms with van der Waals surface area (Å²) in [6, 6.07) is 7.00. The van der Waals surface area contributed by atoms with Crippen LogP contribution in [0.5, 0.6) is 0 Å². The molecule has 1 aromatic carbocycles. The molecule has 0 radical (unpaired) electrons. The monoisotopic (exact) mass is 310 g/mol. The van der Waals surface area contributed by atoms with Crippen LogP contribution in [0.25, 0.3) is 0 Å². The van der Waals surface area contributed by atoms with Crippen molar-refractivity contribution < 1.29 is 4.74 Å². The lowest BCUT2D eigenvalue weighted by Gasteiger charge is -2.32. The highest BCUT2D eigenvalue weighted by Crippen LogP contribution is 2.38. The fourth-order valence-corrected chi connectivity index (χ4v) is 3.16. The number of hydrogen-bond acceptors (Lipinski definition) is 3. The Labute approximate surface area is 133 Å². The van der Waals surface area contributed by atoms with E-state index in [0.29, 0.717) is 6.04 Å². The number of halogens is 1. The maximum atomic E-state index is 6.53. The molecule has 0 aliphatic heterocycles. The number of ether oxygens (including phenoxy) is 1. The van der Waals surface area contributed by atoms with Gasteiger partial charge in [-0.25, -0.2) is 0 Å². The van der Waals surface area contributed by atoms with Crippen molar-refractivity contribution in [2.24, 2.45) is 11.7 Å². The van der Waals surface area contributed by atoms with Crippen LogP contribution in [-0.4, -0.2) is 32.3 Å². The highest BCUT2D eigenvalue weighted by Gasteiger charge is 2.32. The van der Waals surface area contributed by atoms with Crippen LogP contribution in [0.15, 0.2) is 18.2 Å². The first-order valence-electron chi connectivity index (χ1n) is 7.82. The highest BCUT2D eigenvalue weighted by molar-refractivity contribution is 6.33. The third-order valence-corrected chi connectivity index (χ3v) is 4.51. The Balaban J connectivity index is 2.17. The second kappa shape index (κ2) is 7.48. The predicted molar refractivity (Wildman–Crippen MR) is 90.2 cm³/mol. The summed E-state index contributed by atoms with van der Waals surface area (Å²) in [5, 5.41) is 0.816. The van der Waals surface area contributed by atoms with Gasteiger partial charge in [0.25, 0.3) is 0 Å². The van der Waals surface area contributed by atoms with E-state index in [4.69, 9.17) is 22.1 Å². The second-order valence-corrected chi connectivity index (χ2v) is 6.64. The Bertz CT molecular complexity index is 460. The van der Waals surface area contributed by atoms with E-state index >= 15 is 0 Å². The summed E-state index contributed by atoms with van der Waals surface area (Å²) in [7, 11) is 1.74. The maximum Gasteiger partial charge on any atom is 0.0642 e. The van der Waals surface area contributed by atoms with E-state index in [2.05, 4.69) is 30.0 Å². The zero-order valence-electron chi connectivity index (χ0n) is 13.3. The number of rotatable bonds is 8. The Hall–Kier alpha value is -0.770. The van der Waals surface area contributed by atoms with Crippen molar-refractivity contribution in [3.63, 3.8) is 0 Å². The van der Waals surface area contributed by atoms with Gasteiger partial charge in [-0.15, -0.1) is 0 Å². The third-order valence-electron chi connectivity index (χ3n) is 4.21. The van der Waals surface area contributed by atoms with Gasteiger partial charge in [-0.2, -0.15) is 0 Å². The molecule has 4 heteroatoms. The number of nitrogens with two attached hydrogens (primary N) is 1. The molecule has 0 aromatic heterocycles. The van der Waals surface area contributed by atoms with Gasteiger partial charge < -0.3 is 15.4 Å². The third kappa shape index (κ3) is 4.60. The maximum absolute atomic E-state index is 6.53. The molecule has 0 saturated heterocycles. The quantitative estimate of drug-likeness (QED) is 0.799. The van der Waals surface area contributed by atoms with E-state index in [1.54, 1.807) is 7.11 Å². The van der Waals surface area contributed by atoms with Crippen LogP contribution in [0.1, 0.15) is 32.3 Å². The molecule has 2 N–H and O–H groups in total. The molecule has 0 spiro atoms. The van der Waals surface area contributed by atoms with E-state index in [9.17, 15) is 0 Å². The molecule has 2 unspecified atom stereocenters. The topological polar surface area (TPSA) is 38.5 Å². The average molecular weight is 311 g/mol. The summed E-state index contributed by atoms with van der Waals surface area (Å²) in [5.41, 5.74) is 8.18. The fourth-order valence-electron chi connectivity index (χ4n) is 2.85. The van der Waals surface area contributed by atoms with E-state index in [1.165, 1.54) is 18.4 Å². The molecule has 0 heterocycles. The number of hydrogen-bond donors (Lipinski definition) is 1. The van der Waals surface area contributed by atoms with Crippen molar-refractivity contribution in [1.82, 2.24) is 0 Å². The van der Waals surface area contributed by atoms with Crippen molar-refractivity contribution in [3.05, 3.63) is 28.8 Å². The minimum absolute atomic E-state index is 0.155. The van der Waals surface area contributed by atoms with Gasteiger partial charge in [-0.1, -0.05) is 17.7 Å². The first-order chi connectivity index (χ1) is 10.0. The molecule has 0 amide bonds. The summed E-state index contributed by atoms with van der Waals surface area (Å²) in [4.78, 5) is 2.39. The first-order valence-corrected chi connectivity index (χ1v) is 8.20. The number of methoxy groups -OCH3 is 1. The Morgan fingerprint density at radius 1 is 1.38 bits per heavy atom. The van der Waals surface area contributed by atoms with Gasteiger partial charge in [0.15, 0.2) is 0 Å². The average Bonchev–Trinajstić information content (AvgIpc) is 3.24. The standard InChI is InChI=1S/C17H27ClN2O/c1-12(19)10-14-4-7-17(16(18)11-14)20(8-9-21-3)13(2)15-5-6-15/h4,7,11-13,15H,5-6,8-10,19H2,1-3H3. The lowest BCUT2D eigenvalue weighted by atomic mass is 10.1. The zero-order valence-corrected chi connectivity index (χ0v) is 14.1. The van der Waals surface area contributed by atoms with Gasteiger partial charge in [-0.3, -0.25) is 0 Å². The molecule has 1 aliphatic rings. The molecule has 1 aliphatic carbocycles. The molecule has 0 bridgehead atoms. The van der Waals surface area contributed by atoms with Gasteiger partial charge in [-0.05, 0) is 56.7 Å².